The van der Waals surface area contributed by atoms with E-state index in [-0.39, 0.29) is 24.3 Å². The molecule has 2 saturated carbocycles. The molecule has 0 bridgehead atoms. The van der Waals surface area contributed by atoms with E-state index >= 15 is 0 Å². The van der Waals surface area contributed by atoms with Crippen molar-refractivity contribution >= 4 is 5.96 Å². The van der Waals surface area contributed by atoms with Crippen LogP contribution in [0.25, 0.3) is 0 Å². The fraction of sp³-hybridized carbons (Fsp3) is 0.941. The van der Waals surface area contributed by atoms with Crippen molar-refractivity contribution in [2.75, 3.05) is 13.7 Å². The highest BCUT2D eigenvalue weighted by molar-refractivity contribution is 5.80. The second-order valence-electron chi connectivity index (χ2n) is 7.99. The van der Waals surface area contributed by atoms with Crippen molar-refractivity contribution in [3.8, 4) is 0 Å². The van der Waals surface area contributed by atoms with Crippen LogP contribution in [-0.4, -0.2) is 44.0 Å². The molecule has 1 aliphatic heterocycles. The molecule has 2 N–H and O–H groups in total. The van der Waals surface area contributed by atoms with Crippen molar-refractivity contribution < 1.29 is 17.9 Å². The summed E-state index contributed by atoms with van der Waals surface area (Å²) in [6, 6.07) is 0.358. The van der Waals surface area contributed by atoms with Gasteiger partial charge >= 0.3 is 6.18 Å². The molecule has 0 aromatic heterocycles. The number of hydrogen-bond donors (Lipinski definition) is 2. The molecule has 3 atom stereocenters. The van der Waals surface area contributed by atoms with Crippen molar-refractivity contribution in [2.45, 2.75) is 70.3 Å². The summed E-state index contributed by atoms with van der Waals surface area (Å²) in [7, 11) is 1.71. The van der Waals surface area contributed by atoms with E-state index < -0.39 is 12.1 Å². The summed E-state index contributed by atoms with van der Waals surface area (Å²) >= 11 is 0. The summed E-state index contributed by atoms with van der Waals surface area (Å²) in [5.74, 6) is 0.0564. The van der Waals surface area contributed by atoms with Crippen molar-refractivity contribution in [3.63, 3.8) is 0 Å². The monoisotopic (exact) mass is 347 g/mol. The van der Waals surface area contributed by atoms with E-state index in [0.717, 1.165) is 13.0 Å². The largest absolute Gasteiger partial charge is 0.391 e. The Morgan fingerprint density at radius 3 is 2.33 bits per heavy atom. The Morgan fingerprint density at radius 2 is 1.75 bits per heavy atom. The molecular weight excluding hydrogens is 319 g/mol. The Bertz CT molecular complexity index is 484. The van der Waals surface area contributed by atoms with E-state index in [1.165, 1.54) is 0 Å². The van der Waals surface area contributed by atoms with Gasteiger partial charge in [0.15, 0.2) is 5.96 Å². The maximum absolute atomic E-state index is 12.8. The van der Waals surface area contributed by atoms with Gasteiger partial charge in [-0.15, -0.1) is 0 Å². The highest BCUT2D eigenvalue weighted by Gasteiger charge is 2.59. The van der Waals surface area contributed by atoms with E-state index in [9.17, 15) is 13.2 Å². The average Bonchev–Trinajstić information content (AvgIpc) is 2.98. The Balaban J connectivity index is 1.52. The Morgan fingerprint density at radius 1 is 1.08 bits per heavy atom. The molecule has 7 heteroatoms. The number of nitrogens with one attached hydrogen (secondary N) is 2. The summed E-state index contributed by atoms with van der Waals surface area (Å²) in [5, 5.41) is 6.82. The lowest BCUT2D eigenvalue weighted by Crippen LogP contribution is -2.68. The van der Waals surface area contributed by atoms with Crippen LogP contribution in [0.3, 0.4) is 0 Å². The minimum atomic E-state index is -4.06. The van der Waals surface area contributed by atoms with Crippen LogP contribution in [-0.2, 0) is 4.74 Å². The first-order valence-corrected chi connectivity index (χ1v) is 8.91. The van der Waals surface area contributed by atoms with Crippen molar-refractivity contribution in [1.82, 2.24) is 10.6 Å². The molecule has 3 rings (SSSR count). The third-order valence-electron chi connectivity index (χ3n) is 6.15. The first-order valence-electron chi connectivity index (χ1n) is 8.91. The molecular formula is C17H28F3N3O. The smallest absolute Gasteiger partial charge is 0.377 e. The van der Waals surface area contributed by atoms with Crippen LogP contribution in [0, 0.1) is 17.3 Å². The number of hydrogen-bond acceptors (Lipinski definition) is 2. The predicted molar refractivity (Wildman–Crippen MR) is 86.8 cm³/mol. The fourth-order valence-corrected chi connectivity index (χ4v) is 4.69. The minimum absolute atomic E-state index is 0.0483. The lowest BCUT2D eigenvalue weighted by molar-refractivity contribution is -0.182. The number of nitrogens with zero attached hydrogens (tertiary/aromatic N) is 1. The van der Waals surface area contributed by atoms with Gasteiger partial charge in [0.2, 0.25) is 0 Å². The fourth-order valence-electron chi connectivity index (χ4n) is 4.69. The summed E-state index contributed by atoms with van der Waals surface area (Å²) < 4.78 is 44.1. The van der Waals surface area contributed by atoms with E-state index in [1.807, 2.05) is 0 Å². The third-order valence-corrected chi connectivity index (χ3v) is 6.15. The number of halogens is 3. The van der Waals surface area contributed by atoms with Gasteiger partial charge in [-0.3, -0.25) is 4.99 Å². The molecule has 4 nitrogen and oxygen atoms in total. The van der Waals surface area contributed by atoms with Gasteiger partial charge in [-0.25, -0.2) is 0 Å². The molecule has 1 heterocycles. The molecule has 2 aliphatic carbocycles. The second kappa shape index (κ2) is 6.39. The van der Waals surface area contributed by atoms with E-state index in [1.54, 1.807) is 7.05 Å². The minimum Gasteiger partial charge on any atom is -0.377 e. The zero-order valence-corrected chi connectivity index (χ0v) is 14.6. The first-order chi connectivity index (χ1) is 11.2. The SMILES string of the molecule is CN=C(NC1CCC(C(F)(F)F)CC1)NC1C2CCOC2C1(C)C. The lowest BCUT2D eigenvalue weighted by Gasteiger charge is -2.55. The molecule has 3 unspecified atom stereocenters. The summed E-state index contributed by atoms with van der Waals surface area (Å²) in [6.45, 7) is 5.20. The summed E-state index contributed by atoms with van der Waals surface area (Å²) in [5.41, 5.74) is 0.0483. The maximum Gasteiger partial charge on any atom is 0.391 e. The predicted octanol–water partition coefficient (Wildman–Crippen LogP) is 3.09. The van der Waals surface area contributed by atoms with Gasteiger partial charge in [-0.1, -0.05) is 13.8 Å². The van der Waals surface area contributed by atoms with E-state index in [2.05, 4.69) is 29.5 Å². The molecule has 3 aliphatic rings. The molecule has 24 heavy (non-hydrogen) atoms. The van der Waals surface area contributed by atoms with E-state index in [0.29, 0.717) is 36.9 Å². The topological polar surface area (TPSA) is 45.7 Å². The molecule has 0 spiro atoms. The highest BCUT2D eigenvalue weighted by atomic mass is 19.4. The average molecular weight is 347 g/mol. The van der Waals surface area contributed by atoms with Crippen molar-refractivity contribution in [2.24, 2.45) is 22.2 Å². The quantitative estimate of drug-likeness (QED) is 0.596. The van der Waals surface area contributed by atoms with Gasteiger partial charge in [0.25, 0.3) is 0 Å². The van der Waals surface area contributed by atoms with Crippen LogP contribution >= 0.6 is 0 Å². The number of guanidine groups is 1. The molecule has 138 valence electrons. The van der Waals surface area contributed by atoms with Crippen LogP contribution in [0.5, 0.6) is 0 Å². The number of aliphatic imine (C=N–C) groups is 1. The standard InChI is InChI=1S/C17H28F3N3O/c1-16(2)13(12-8-9-24-14(12)16)23-15(21-3)22-11-6-4-10(5-7-11)17(18,19)20/h10-14H,4-9H2,1-3H3,(H2,21,22,23). The number of alkyl halides is 3. The van der Waals surface area contributed by atoms with Gasteiger partial charge < -0.3 is 15.4 Å². The van der Waals surface area contributed by atoms with E-state index in [4.69, 9.17) is 4.74 Å². The molecule has 0 aromatic carbocycles. The van der Waals surface area contributed by atoms with Gasteiger partial charge in [0.05, 0.1) is 12.0 Å². The molecule has 3 fully saturated rings. The van der Waals surface area contributed by atoms with Crippen molar-refractivity contribution in [3.05, 3.63) is 0 Å². The van der Waals surface area contributed by atoms with Crippen LogP contribution in [0.2, 0.25) is 0 Å². The molecule has 0 aromatic rings. The van der Waals surface area contributed by atoms with Crippen molar-refractivity contribution in [1.29, 1.82) is 0 Å². The Labute approximate surface area is 141 Å². The molecule has 0 amide bonds. The number of fused-ring (bicyclic) bond motifs is 1. The maximum atomic E-state index is 12.8. The second-order valence-corrected chi connectivity index (χ2v) is 7.99. The third kappa shape index (κ3) is 3.24. The van der Waals surface area contributed by atoms with Gasteiger partial charge in [0.1, 0.15) is 0 Å². The Hall–Kier alpha value is -0.980. The van der Waals surface area contributed by atoms with Crippen LogP contribution < -0.4 is 10.6 Å². The molecule has 1 saturated heterocycles. The summed E-state index contributed by atoms with van der Waals surface area (Å²) in [6.07, 6.45) is -1.23. The van der Waals surface area contributed by atoms with Gasteiger partial charge in [-0.05, 0) is 32.1 Å². The van der Waals surface area contributed by atoms with Crippen LogP contribution in [0.1, 0.15) is 46.0 Å². The Kier molecular flexibility index (Phi) is 4.75. The lowest BCUT2D eigenvalue weighted by atomic mass is 9.57. The highest BCUT2D eigenvalue weighted by Crippen LogP contribution is 2.52. The van der Waals surface area contributed by atoms with Gasteiger partial charge in [-0.2, -0.15) is 13.2 Å². The van der Waals surface area contributed by atoms with Crippen LogP contribution in [0.4, 0.5) is 13.2 Å². The van der Waals surface area contributed by atoms with Crippen LogP contribution in [0.15, 0.2) is 4.99 Å². The first kappa shape index (κ1) is 17.8. The zero-order valence-electron chi connectivity index (χ0n) is 14.6. The number of ether oxygens (including phenoxy) is 1. The normalized spacial score (nSPS) is 39.1. The number of rotatable bonds is 2. The molecule has 0 radical (unpaired) electrons. The van der Waals surface area contributed by atoms with Gasteiger partial charge in [0, 0.05) is 37.1 Å². The summed E-state index contributed by atoms with van der Waals surface area (Å²) in [4.78, 5) is 4.28. The zero-order chi connectivity index (χ0) is 17.5.